The van der Waals surface area contributed by atoms with Gasteiger partial charge >= 0.3 is 0 Å². The van der Waals surface area contributed by atoms with Crippen molar-refractivity contribution in [3.63, 3.8) is 0 Å². The summed E-state index contributed by atoms with van der Waals surface area (Å²) in [6.45, 7) is 8.08. The summed E-state index contributed by atoms with van der Waals surface area (Å²) in [5.41, 5.74) is 1.10. The van der Waals surface area contributed by atoms with E-state index in [1.807, 2.05) is 44.2 Å². The third-order valence-electron chi connectivity index (χ3n) is 3.54. The number of ether oxygens (including phenoxy) is 4. The lowest BCUT2D eigenvalue weighted by atomic mass is 10.1. The quantitative estimate of drug-likeness (QED) is 0.626. The van der Waals surface area contributed by atoms with Gasteiger partial charge in [-0.15, -0.1) is 6.58 Å². The van der Waals surface area contributed by atoms with Gasteiger partial charge in [-0.1, -0.05) is 36.4 Å². The molecule has 0 unspecified atom stereocenters. The van der Waals surface area contributed by atoms with Crippen LogP contribution in [0.5, 0.6) is 0 Å². The Balaban J connectivity index is 1.66. The molecule has 0 aliphatic carbocycles. The molecular weight excluding hydrogens is 257 g/mol. The Bertz CT molecular complexity index is 471. The van der Waals surface area contributed by atoms with E-state index < -0.39 is 12.1 Å². The van der Waals surface area contributed by atoms with Gasteiger partial charge in [-0.05, 0) is 19.4 Å². The molecule has 1 aromatic rings. The first-order chi connectivity index (χ1) is 9.59. The maximum Gasteiger partial charge on any atom is 0.187 e. The molecule has 0 saturated carbocycles. The lowest BCUT2D eigenvalue weighted by molar-refractivity contribution is -0.231. The van der Waals surface area contributed by atoms with Gasteiger partial charge in [-0.2, -0.15) is 0 Å². The number of benzene rings is 1. The van der Waals surface area contributed by atoms with Crippen molar-refractivity contribution >= 4 is 0 Å². The van der Waals surface area contributed by atoms with Crippen molar-refractivity contribution in [2.24, 2.45) is 0 Å². The van der Waals surface area contributed by atoms with Crippen LogP contribution in [0.3, 0.4) is 0 Å². The van der Waals surface area contributed by atoms with E-state index in [1.165, 1.54) is 0 Å². The molecule has 2 aliphatic heterocycles. The third kappa shape index (κ3) is 2.65. The van der Waals surface area contributed by atoms with Crippen molar-refractivity contribution in [1.29, 1.82) is 0 Å². The van der Waals surface area contributed by atoms with Crippen molar-refractivity contribution in [3.8, 4) is 0 Å². The van der Waals surface area contributed by atoms with Crippen LogP contribution in [0.1, 0.15) is 19.4 Å². The Morgan fingerprint density at radius 2 is 1.90 bits per heavy atom. The Morgan fingerprint density at radius 3 is 2.60 bits per heavy atom. The molecule has 2 aliphatic rings. The highest BCUT2D eigenvalue weighted by molar-refractivity contribution is 5.13. The second-order valence-electron chi connectivity index (χ2n) is 5.57. The second-order valence-corrected chi connectivity index (χ2v) is 5.57. The van der Waals surface area contributed by atoms with Crippen molar-refractivity contribution in [2.75, 3.05) is 0 Å². The fraction of sp³-hybridized carbons (Fsp3) is 0.500. The van der Waals surface area contributed by atoms with E-state index >= 15 is 0 Å². The number of fused-ring (bicyclic) bond motifs is 1. The van der Waals surface area contributed by atoms with E-state index in [2.05, 4.69) is 6.58 Å². The molecule has 4 heteroatoms. The second kappa shape index (κ2) is 5.30. The van der Waals surface area contributed by atoms with Crippen molar-refractivity contribution < 1.29 is 18.9 Å². The Kier molecular flexibility index (Phi) is 3.65. The molecule has 0 radical (unpaired) electrons. The summed E-state index contributed by atoms with van der Waals surface area (Å²) in [7, 11) is 0. The Hall–Kier alpha value is -1.20. The van der Waals surface area contributed by atoms with Crippen LogP contribution in [0.15, 0.2) is 43.0 Å². The first kappa shape index (κ1) is 13.8. The van der Waals surface area contributed by atoms with E-state index in [1.54, 1.807) is 6.08 Å². The summed E-state index contributed by atoms with van der Waals surface area (Å²) >= 11 is 0. The minimum absolute atomic E-state index is 0.150. The molecule has 0 aromatic heterocycles. The third-order valence-corrected chi connectivity index (χ3v) is 3.54. The fourth-order valence-electron chi connectivity index (χ4n) is 2.67. The van der Waals surface area contributed by atoms with Gasteiger partial charge in [0.2, 0.25) is 0 Å². The number of rotatable bonds is 4. The maximum atomic E-state index is 5.89. The van der Waals surface area contributed by atoms with E-state index in [-0.39, 0.29) is 18.3 Å². The van der Waals surface area contributed by atoms with Crippen LogP contribution < -0.4 is 0 Å². The SMILES string of the molecule is CC1(C)O[C@@H]2[C@@H](OCc3ccccc3)O[C@H](C=[13CH2])[C@@H]2O1. The van der Waals surface area contributed by atoms with Crippen molar-refractivity contribution in [1.82, 2.24) is 0 Å². The van der Waals surface area contributed by atoms with Gasteiger partial charge < -0.3 is 18.9 Å². The summed E-state index contributed by atoms with van der Waals surface area (Å²) in [4.78, 5) is 0. The molecule has 2 fully saturated rings. The molecule has 2 saturated heterocycles. The molecule has 0 spiro atoms. The zero-order valence-electron chi connectivity index (χ0n) is 11.8. The van der Waals surface area contributed by atoms with Crippen molar-refractivity contribution in [3.05, 3.63) is 48.6 Å². The normalized spacial score (nSPS) is 34.9. The molecule has 3 rings (SSSR count). The zero-order valence-corrected chi connectivity index (χ0v) is 11.8. The van der Waals surface area contributed by atoms with Gasteiger partial charge in [-0.25, -0.2) is 0 Å². The van der Waals surface area contributed by atoms with E-state index in [9.17, 15) is 0 Å². The number of hydrogen-bond donors (Lipinski definition) is 0. The highest BCUT2D eigenvalue weighted by Crippen LogP contribution is 2.39. The number of hydrogen-bond acceptors (Lipinski definition) is 4. The molecule has 0 N–H and O–H groups in total. The largest absolute Gasteiger partial charge is 0.345 e. The van der Waals surface area contributed by atoms with E-state index in [0.717, 1.165) is 5.56 Å². The fourth-order valence-corrected chi connectivity index (χ4v) is 2.67. The highest BCUT2D eigenvalue weighted by atomic mass is 16.8. The first-order valence-electron chi connectivity index (χ1n) is 6.88. The van der Waals surface area contributed by atoms with E-state index in [4.69, 9.17) is 18.9 Å². The molecular formula is C16H20O4. The predicted octanol–water partition coefficient (Wildman–Crippen LogP) is 2.63. The molecule has 20 heavy (non-hydrogen) atoms. The molecule has 1 aromatic carbocycles. The van der Waals surface area contributed by atoms with Crippen molar-refractivity contribution in [2.45, 2.75) is 50.8 Å². The first-order valence-corrected chi connectivity index (χ1v) is 6.88. The molecule has 4 nitrogen and oxygen atoms in total. The average Bonchev–Trinajstić information content (AvgIpc) is 2.91. The lowest BCUT2D eigenvalue weighted by Gasteiger charge is -2.23. The topological polar surface area (TPSA) is 36.9 Å². The average molecular weight is 277 g/mol. The Labute approximate surface area is 119 Å². The zero-order chi connectivity index (χ0) is 14.2. The predicted molar refractivity (Wildman–Crippen MR) is 73.9 cm³/mol. The van der Waals surface area contributed by atoms with Crippen LogP contribution in [0.25, 0.3) is 0 Å². The molecule has 4 atom stereocenters. The van der Waals surface area contributed by atoms with Gasteiger partial charge in [0.15, 0.2) is 12.1 Å². The van der Waals surface area contributed by atoms with Crippen LogP contribution in [0.4, 0.5) is 0 Å². The van der Waals surface area contributed by atoms with Crippen LogP contribution in [-0.4, -0.2) is 30.4 Å². The molecule has 108 valence electrons. The molecule has 2 heterocycles. The van der Waals surface area contributed by atoms with Crippen LogP contribution in [0.2, 0.25) is 0 Å². The van der Waals surface area contributed by atoms with Gasteiger partial charge in [0.05, 0.1) is 6.61 Å². The van der Waals surface area contributed by atoms with Gasteiger partial charge in [0, 0.05) is 0 Å². The summed E-state index contributed by atoms with van der Waals surface area (Å²) in [6, 6.07) is 10.0. The minimum Gasteiger partial charge on any atom is -0.345 e. The Morgan fingerprint density at radius 1 is 1.20 bits per heavy atom. The summed E-state index contributed by atoms with van der Waals surface area (Å²) < 4.78 is 23.4. The smallest absolute Gasteiger partial charge is 0.187 e. The minimum atomic E-state index is -0.602. The molecule has 0 amide bonds. The summed E-state index contributed by atoms with van der Waals surface area (Å²) in [6.07, 6.45) is 0.765. The summed E-state index contributed by atoms with van der Waals surface area (Å²) in [5.74, 6) is -0.602. The van der Waals surface area contributed by atoms with Crippen LogP contribution in [0, 0.1) is 0 Å². The van der Waals surface area contributed by atoms with Crippen LogP contribution in [-0.2, 0) is 25.6 Å². The highest BCUT2D eigenvalue weighted by Gasteiger charge is 2.54. The molecule has 0 bridgehead atoms. The van der Waals surface area contributed by atoms with E-state index in [0.29, 0.717) is 6.61 Å². The monoisotopic (exact) mass is 277 g/mol. The standard InChI is InChI=1S/C16H20O4/c1-4-12-13-14(20-16(2,3)19-13)15(18-12)17-10-11-8-6-5-7-9-11/h4-9,12-15H,1,10H2,2-3H3/t12-,13+,14+,15+/m1/s1/i1+1. The lowest BCUT2D eigenvalue weighted by Crippen LogP contribution is -2.31. The van der Waals surface area contributed by atoms with Gasteiger partial charge in [0.1, 0.15) is 18.3 Å². The maximum absolute atomic E-state index is 5.89. The van der Waals surface area contributed by atoms with Gasteiger partial charge in [-0.3, -0.25) is 0 Å². The van der Waals surface area contributed by atoms with Gasteiger partial charge in [0.25, 0.3) is 0 Å². The summed E-state index contributed by atoms with van der Waals surface area (Å²) in [5, 5.41) is 0. The van der Waals surface area contributed by atoms with Crippen LogP contribution >= 0.6 is 0 Å².